The Labute approximate surface area is 163 Å². The smallest absolute Gasteiger partial charge is 0.293 e. The van der Waals surface area contributed by atoms with Gasteiger partial charge in [0.05, 0.1) is 24.7 Å². The number of ether oxygens (including phenoxy) is 2. The zero-order valence-electron chi connectivity index (χ0n) is 15.5. The number of para-hydroxylation sites is 1. The zero-order valence-corrected chi connectivity index (χ0v) is 16.3. The Bertz CT molecular complexity index is 877. The first-order valence-electron chi connectivity index (χ1n) is 8.62. The molecular formula is C21H21NO4S. The summed E-state index contributed by atoms with van der Waals surface area (Å²) in [7, 11) is 1.57. The summed E-state index contributed by atoms with van der Waals surface area (Å²) < 4.78 is 11.2. The van der Waals surface area contributed by atoms with Gasteiger partial charge >= 0.3 is 0 Å². The molecule has 3 rings (SSSR count). The third-order valence-corrected chi connectivity index (χ3v) is 4.83. The summed E-state index contributed by atoms with van der Waals surface area (Å²) in [6.07, 6.45) is 1.64. The lowest BCUT2D eigenvalue weighted by Crippen LogP contribution is -2.27. The van der Waals surface area contributed by atoms with Crippen LogP contribution in [0.25, 0.3) is 6.08 Å². The summed E-state index contributed by atoms with van der Waals surface area (Å²) in [5.74, 6) is 0.845. The van der Waals surface area contributed by atoms with E-state index < -0.39 is 0 Å². The van der Waals surface area contributed by atoms with Crippen LogP contribution in [0.4, 0.5) is 4.79 Å². The highest BCUT2D eigenvalue weighted by molar-refractivity contribution is 8.18. The molecule has 0 aromatic heterocycles. The maximum absolute atomic E-state index is 12.8. The van der Waals surface area contributed by atoms with Crippen LogP contribution in [-0.2, 0) is 11.3 Å². The number of rotatable bonds is 6. The van der Waals surface area contributed by atoms with Crippen LogP contribution in [0.2, 0.25) is 0 Å². The lowest BCUT2D eigenvalue weighted by Gasteiger charge is -2.16. The molecule has 1 aliphatic rings. The monoisotopic (exact) mass is 383 g/mol. The average molecular weight is 383 g/mol. The van der Waals surface area contributed by atoms with Gasteiger partial charge in [-0.1, -0.05) is 42.5 Å². The highest BCUT2D eigenvalue weighted by Crippen LogP contribution is 2.38. The minimum atomic E-state index is -0.299. The highest BCUT2D eigenvalue weighted by Gasteiger charge is 2.35. The molecule has 0 unspecified atom stereocenters. The summed E-state index contributed by atoms with van der Waals surface area (Å²) >= 11 is 0.939. The quantitative estimate of drug-likeness (QED) is 0.676. The summed E-state index contributed by atoms with van der Waals surface area (Å²) in [5, 5.41) is -0.274. The molecule has 1 aliphatic heterocycles. The maximum Gasteiger partial charge on any atom is 0.293 e. The van der Waals surface area contributed by atoms with Crippen LogP contribution in [0.1, 0.15) is 25.0 Å². The van der Waals surface area contributed by atoms with Crippen LogP contribution in [0.3, 0.4) is 0 Å². The third-order valence-electron chi connectivity index (χ3n) is 3.93. The largest absolute Gasteiger partial charge is 0.493 e. The summed E-state index contributed by atoms with van der Waals surface area (Å²) in [5.41, 5.74) is 1.61. The van der Waals surface area contributed by atoms with Gasteiger partial charge in [-0.2, -0.15) is 0 Å². The summed E-state index contributed by atoms with van der Waals surface area (Å²) in [6, 6.07) is 14.9. The van der Waals surface area contributed by atoms with Crippen LogP contribution in [-0.4, -0.2) is 29.3 Å². The Kier molecular flexibility index (Phi) is 5.86. The van der Waals surface area contributed by atoms with Crippen LogP contribution in [0, 0.1) is 0 Å². The Morgan fingerprint density at radius 2 is 1.81 bits per heavy atom. The van der Waals surface area contributed by atoms with Crippen LogP contribution in [0.5, 0.6) is 11.5 Å². The maximum atomic E-state index is 12.8. The van der Waals surface area contributed by atoms with E-state index in [1.807, 2.05) is 56.3 Å². The standard InChI is InChI=1S/C21H21NO4S/c1-14(2)26-19-16(10-7-11-17(19)25-3)12-18-20(23)22(21(24)27-18)13-15-8-5-4-6-9-15/h4-12,14H,13H2,1-3H3/b18-12+. The molecule has 0 aliphatic carbocycles. The van der Waals surface area contributed by atoms with Crippen LogP contribution >= 0.6 is 11.8 Å². The predicted octanol–water partition coefficient (Wildman–Crippen LogP) is 4.72. The SMILES string of the molecule is COc1cccc(/C=C2/SC(=O)N(Cc3ccccc3)C2=O)c1OC(C)C. The number of hydrogen-bond donors (Lipinski definition) is 0. The Balaban J connectivity index is 1.90. The fourth-order valence-corrected chi connectivity index (χ4v) is 3.54. The predicted molar refractivity (Wildman–Crippen MR) is 107 cm³/mol. The Morgan fingerprint density at radius 3 is 2.48 bits per heavy atom. The van der Waals surface area contributed by atoms with E-state index in [2.05, 4.69) is 0 Å². The number of imide groups is 1. The van der Waals surface area contributed by atoms with Gasteiger partial charge in [0.1, 0.15) is 0 Å². The molecule has 1 heterocycles. The van der Waals surface area contributed by atoms with Gasteiger partial charge in [-0.15, -0.1) is 0 Å². The molecule has 0 spiro atoms. The molecular weight excluding hydrogens is 362 g/mol. The van der Waals surface area contributed by atoms with Crippen molar-refractivity contribution < 1.29 is 19.1 Å². The molecule has 2 amide bonds. The summed E-state index contributed by atoms with van der Waals surface area (Å²) in [4.78, 5) is 26.7. The molecule has 5 nitrogen and oxygen atoms in total. The molecule has 0 saturated carbocycles. The van der Waals surface area contributed by atoms with E-state index in [1.165, 1.54) is 4.90 Å². The van der Waals surface area contributed by atoms with Crippen molar-refractivity contribution >= 4 is 29.0 Å². The second kappa shape index (κ2) is 8.31. The molecule has 2 aromatic carbocycles. The van der Waals surface area contributed by atoms with Gasteiger partial charge in [-0.05, 0) is 43.3 Å². The number of thioether (sulfide) groups is 1. The molecule has 1 fully saturated rings. The van der Waals surface area contributed by atoms with Crippen molar-refractivity contribution in [2.75, 3.05) is 7.11 Å². The first kappa shape index (κ1) is 19.0. The number of carbonyl (C=O) groups is 2. The number of hydrogen-bond acceptors (Lipinski definition) is 5. The van der Waals surface area contributed by atoms with Crippen LogP contribution < -0.4 is 9.47 Å². The molecule has 140 valence electrons. The van der Waals surface area contributed by atoms with E-state index in [1.54, 1.807) is 19.3 Å². The molecule has 0 atom stereocenters. The van der Waals surface area contributed by atoms with Gasteiger partial charge in [-0.25, -0.2) is 0 Å². The highest BCUT2D eigenvalue weighted by atomic mass is 32.2. The summed E-state index contributed by atoms with van der Waals surface area (Å²) in [6.45, 7) is 4.10. The minimum Gasteiger partial charge on any atom is -0.493 e. The van der Waals surface area contributed by atoms with Crippen molar-refractivity contribution in [3.8, 4) is 11.5 Å². The average Bonchev–Trinajstić information content (AvgIpc) is 2.91. The first-order chi connectivity index (χ1) is 13.0. The van der Waals surface area contributed by atoms with Gasteiger partial charge in [0.25, 0.3) is 11.1 Å². The van der Waals surface area contributed by atoms with Gasteiger partial charge in [0, 0.05) is 5.56 Å². The van der Waals surface area contributed by atoms with Crippen molar-refractivity contribution in [1.82, 2.24) is 4.90 Å². The number of methoxy groups -OCH3 is 1. The third kappa shape index (κ3) is 4.34. The number of amides is 2. The number of nitrogens with zero attached hydrogens (tertiary/aromatic N) is 1. The van der Waals surface area contributed by atoms with Crippen molar-refractivity contribution in [3.63, 3.8) is 0 Å². The molecule has 27 heavy (non-hydrogen) atoms. The van der Waals surface area contributed by atoms with Gasteiger partial charge in [0.15, 0.2) is 11.5 Å². The van der Waals surface area contributed by atoms with E-state index in [0.29, 0.717) is 22.0 Å². The lowest BCUT2D eigenvalue weighted by atomic mass is 10.1. The van der Waals surface area contributed by atoms with Gasteiger partial charge < -0.3 is 9.47 Å². The van der Waals surface area contributed by atoms with Crippen molar-refractivity contribution in [2.45, 2.75) is 26.5 Å². The van der Waals surface area contributed by atoms with Crippen molar-refractivity contribution in [3.05, 3.63) is 64.6 Å². The van der Waals surface area contributed by atoms with E-state index >= 15 is 0 Å². The second-order valence-corrected chi connectivity index (χ2v) is 7.29. The first-order valence-corrected chi connectivity index (χ1v) is 9.44. The number of benzene rings is 2. The molecule has 0 bridgehead atoms. The van der Waals surface area contributed by atoms with Gasteiger partial charge in [-0.3, -0.25) is 14.5 Å². The fraction of sp³-hybridized carbons (Fsp3) is 0.238. The number of carbonyl (C=O) groups excluding carboxylic acids is 2. The van der Waals surface area contributed by atoms with Gasteiger partial charge in [0.2, 0.25) is 0 Å². The van der Waals surface area contributed by atoms with Crippen molar-refractivity contribution in [1.29, 1.82) is 0 Å². The molecule has 0 N–H and O–H groups in total. The van der Waals surface area contributed by atoms with E-state index in [0.717, 1.165) is 17.3 Å². The fourth-order valence-electron chi connectivity index (χ4n) is 2.71. The van der Waals surface area contributed by atoms with E-state index in [4.69, 9.17) is 9.47 Å². The Morgan fingerprint density at radius 1 is 1.07 bits per heavy atom. The lowest BCUT2D eigenvalue weighted by molar-refractivity contribution is -0.123. The molecule has 2 aromatic rings. The molecule has 1 saturated heterocycles. The van der Waals surface area contributed by atoms with E-state index in [9.17, 15) is 9.59 Å². The normalized spacial score (nSPS) is 15.7. The van der Waals surface area contributed by atoms with Crippen LogP contribution in [0.15, 0.2) is 53.4 Å². The van der Waals surface area contributed by atoms with Crippen molar-refractivity contribution in [2.24, 2.45) is 0 Å². The molecule has 6 heteroatoms. The van der Waals surface area contributed by atoms with E-state index in [-0.39, 0.29) is 23.8 Å². The topological polar surface area (TPSA) is 55.8 Å². The minimum absolute atomic E-state index is 0.0541. The molecule has 0 radical (unpaired) electrons. The zero-order chi connectivity index (χ0) is 19.4. The second-order valence-electron chi connectivity index (χ2n) is 6.30. The Hall–Kier alpha value is -2.73.